The highest BCUT2D eigenvalue weighted by Crippen LogP contribution is 2.63. The molecule has 8 nitrogen and oxygen atoms in total. The number of imide groups is 2. The quantitative estimate of drug-likeness (QED) is 0.312. The first-order chi connectivity index (χ1) is 21.4. The maximum atomic E-state index is 14.3. The van der Waals surface area contributed by atoms with E-state index in [9.17, 15) is 19.2 Å². The summed E-state index contributed by atoms with van der Waals surface area (Å²) in [6, 6.07) is 23.8. The van der Waals surface area contributed by atoms with Gasteiger partial charge in [-0.15, -0.1) is 0 Å². The molecule has 3 aromatic rings. The number of carbonyl (C=O) groups is 4. The second-order valence-electron chi connectivity index (χ2n) is 12.1. The van der Waals surface area contributed by atoms with E-state index in [0.717, 1.165) is 16.7 Å². The Morgan fingerprint density at radius 2 is 1.14 bits per heavy atom. The molecule has 9 rings (SSSR count). The zero-order chi connectivity index (χ0) is 30.3. The molecule has 2 bridgehead atoms. The third kappa shape index (κ3) is 3.57. The molecule has 8 heteroatoms. The van der Waals surface area contributed by atoms with Crippen LogP contribution in [0.4, 0.5) is 11.4 Å². The minimum Gasteiger partial charge on any atom is -0.497 e. The van der Waals surface area contributed by atoms with E-state index in [4.69, 9.17) is 9.47 Å². The summed E-state index contributed by atoms with van der Waals surface area (Å²) in [5, 5.41) is 0. The summed E-state index contributed by atoms with van der Waals surface area (Å²) in [7, 11) is 3.13. The summed E-state index contributed by atoms with van der Waals surface area (Å²) in [5.41, 5.74) is 4.03. The molecule has 0 radical (unpaired) electrons. The van der Waals surface area contributed by atoms with Crippen molar-refractivity contribution in [2.24, 2.45) is 41.4 Å². The second kappa shape index (κ2) is 9.77. The summed E-state index contributed by atoms with van der Waals surface area (Å²) in [4.78, 5) is 59.3. The lowest BCUT2D eigenvalue weighted by molar-refractivity contribution is -0.129. The standard InChI is InChI=1S/C36H30N2O6/c1-43-22-12-8-20(9-13-22)37-33(39)27-18-26(19-6-4-3-5-7-19)28-24-16-17-25(29(28)32(27)36(37)42)31-30(24)34(40)38(35(31)41)21-10-14-23(44-2)15-11-21/h3-17,24-25,27,29-32H,18H2,1-2H3/t24-,25+,27-,29+,30-,31-,32-/m1/s1. The lowest BCUT2D eigenvalue weighted by Crippen LogP contribution is -2.51. The summed E-state index contributed by atoms with van der Waals surface area (Å²) in [6.45, 7) is 0. The van der Waals surface area contributed by atoms with Crippen molar-refractivity contribution in [3.8, 4) is 11.5 Å². The molecule has 0 spiro atoms. The van der Waals surface area contributed by atoms with Crippen LogP contribution in [0.2, 0.25) is 0 Å². The molecular weight excluding hydrogens is 556 g/mol. The highest BCUT2D eigenvalue weighted by Gasteiger charge is 2.67. The van der Waals surface area contributed by atoms with Gasteiger partial charge in [0.05, 0.1) is 49.3 Å². The van der Waals surface area contributed by atoms with E-state index in [-0.39, 0.29) is 35.5 Å². The molecule has 4 amide bonds. The highest BCUT2D eigenvalue weighted by atomic mass is 16.5. The number of amides is 4. The molecule has 6 aliphatic rings. The zero-order valence-electron chi connectivity index (χ0n) is 24.3. The number of hydrogen-bond acceptors (Lipinski definition) is 6. The highest BCUT2D eigenvalue weighted by molar-refractivity contribution is 6.24. The lowest BCUT2D eigenvalue weighted by atomic mass is 9.49. The van der Waals surface area contributed by atoms with E-state index in [1.165, 1.54) is 9.80 Å². The van der Waals surface area contributed by atoms with Gasteiger partial charge < -0.3 is 9.47 Å². The van der Waals surface area contributed by atoms with Gasteiger partial charge in [-0.05, 0) is 72.0 Å². The molecule has 0 unspecified atom stereocenters. The van der Waals surface area contributed by atoms with Gasteiger partial charge in [0.25, 0.3) is 0 Å². The minimum absolute atomic E-state index is 0.223. The van der Waals surface area contributed by atoms with Crippen molar-refractivity contribution >= 4 is 40.6 Å². The average molecular weight is 587 g/mol. The lowest BCUT2D eigenvalue weighted by Gasteiger charge is -2.51. The van der Waals surface area contributed by atoms with Crippen molar-refractivity contribution in [1.82, 2.24) is 0 Å². The predicted octanol–water partition coefficient (Wildman–Crippen LogP) is 4.90. The number of methoxy groups -OCH3 is 2. The molecule has 1 saturated carbocycles. The summed E-state index contributed by atoms with van der Waals surface area (Å²) < 4.78 is 10.6. The van der Waals surface area contributed by atoms with Crippen LogP contribution < -0.4 is 19.3 Å². The molecule has 4 aliphatic carbocycles. The Bertz CT molecular complexity index is 1780. The number of benzene rings is 3. The van der Waals surface area contributed by atoms with Crippen LogP contribution in [0.15, 0.2) is 96.6 Å². The fourth-order valence-corrected chi connectivity index (χ4v) is 8.49. The van der Waals surface area contributed by atoms with Gasteiger partial charge in [-0.1, -0.05) is 48.1 Å². The number of rotatable bonds is 5. The van der Waals surface area contributed by atoms with E-state index >= 15 is 0 Å². The molecule has 7 atom stereocenters. The van der Waals surface area contributed by atoms with Gasteiger partial charge in [0.1, 0.15) is 11.5 Å². The van der Waals surface area contributed by atoms with Crippen molar-refractivity contribution in [3.63, 3.8) is 0 Å². The van der Waals surface area contributed by atoms with Crippen molar-refractivity contribution in [2.45, 2.75) is 6.42 Å². The second-order valence-corrected chi connectivity index (χ2v) is 12.1. The zero-order valence-corrected chi connectivity index (χ0v) is 24.3. The Morgan fingerprint density at radius 1 is 0.591 bits per heavy atom. The number of nitrogens with zero attached hydrogens (tertiary/aromatic N) is 2. The smallest absolute Gasteiger partial charge is 0.238 e. The first-order valence-corrected chi connectivity index (χ1v) is 14.9. The Labute approximate surface area is 254 Å². The summed E-state index contributed by atoms with van der Waals surface area (Å²) in [5.74, 6) is -3.15. The normalized spacial score (nSPS) is 30.1. The van der Waals surface area contributed by atoms with Crippen molar-refractivity contribution in [1.29, 1.82) is 0 Å². The van der Waals surface area contributed by atoms with E-state index in [2.05, 4.69) is 6.08 Å². The molecular formula is C36H30N2O6. The largest absolute Gasteiger partial charge is 0.497 e. The van der Waals surface area contributed by atoms with E-state index in [0.29, 0.717) is 29.3 Å². The van der Waals surface area contributed by atoms with Gasteiger partial charge in [0.15, 0.2) is 0 Å². The Balaban J connectivity index is 1.25. The molecule has 3 fully saturated rings. The van der Waals surface area contributed by atoms with Crippen LogP contribution in [0.25, 0.3) is 5.57 Å². The third-order valence-electron chi connectivity index (χ3n) is 10.3. The first kappa shape index (κ1) is 26.6. The van der Waals surface area contributed by atoms with E-state index in [1.807, 2.05) is 36.4 Å². The third-order valence-corrected chi connectivity index (χ3v) is 10.3. The topological polar surface area (TPSA) is 93.2 Å². The molecule has 220 valence electrons. The van der Waals surface area contributed by atoms with Crippen molar-refractivity contribution in [3.05, 3.63) is 102 Å². The van der Waals surface area contributed by atoms with E-state index < -0.39 is 29.6 Å². The van der Waals surface area contributed by atoms with Gasteiger partial charge in [0.2, 0.25) is 23.6 Å². The fourth-order valence-electron chi connectivity index (χ4n) is 8.49. The van der Waals surface area contributed by atoms with Crippen molar-refractivity contribution < 1.29 is 28.7 Å². The first-order valence-electron chi connectivity index (χ1n) is 14.9. The van der Waals surface area contributed by atoms with Crippen molar-refractivity contribution in [2.75, 3.05) is 24.0 Å². The fraction of sp³-hybridized carbons (Fsp3) is 0.278. The maximum absolute atomic E-state index is 14.3. The van der Waals surface area contributed by atoms with Gasteiger partial charge >= 0.3 is 0 Å². The molecule has 44 heavy (non-hydrogen) atoms. The molecule has 0 N–H and O–H groups in total. The molecule has 2 aliphatic heterocycles. The summed E-state index contributed by atoms with van der Waals surface area (Å²) >= 11 is 0. The Morgan fingerprint density at radius 3 is 1.73 bits per heavy atom. The minimum atomic E-state index is -0.622. The predicted molar refractivity (Wildman–Crippen MR) is 163 cm³/mol. The van der Waals surface area contributed by atoms with Crippen LogP contribution in [-0.4, -0.2) is 37.8 Å². The van der Waals surface area contributed by atoms with Gasteiger partial charge in [-0.3, -0.25) is 29.0 Å². The summed E-state index contributed by atoms with van der Waals surface area (Å²) in [6.07, 6.45) is 4.49. The van der Waals surface area contributed by atoms with Crippen LogP contribution in [0.5, 0.6) is 11.5 Å². The van der Waals surface area contributed by atoms with E-state index in [1.54, 1.807) is 62.8 Å². The Hall–Kier alpha value is -4.98. The number of ether oxygens (including phenoxy) is 2. The molecule has 3 aromatic carbocycles. The maximum Gasteiger partial charge on any atom is 0.238 e. The van der Waals surface area contributed by atoms with Gasteiger partial charge in [0, 0.05) is 11.8 Å². The molecule has 2 saturated heterocycles. The number of hydrogen-bond donors (Lipinski definition) is 0. The SMILES string of the molecule is COc1ccc(N2C(=O)[C@@H]3[C@H]4C=C[C@H](C5=C(c6ccccc6)C[C@H]6C(=O)N(c7ccc(OC)cc7)C(=O)[C@H]6[C@H]54)[C@H]3C2=O)cc1. The van der Waals surface area contributed by atoms with Crippen LogP contribution in [-0.2, 0) is 19.2 Å². The number of fused-ring (bicyclic) bond motifs is 1. The van der Waals surface area contributed by atoms with Gasteiger partial charge in [-0.2, -0.15) is 0 Å². The number of anilines is 2. The molecule has 2 heterocycles. The monoisotopic (exact) mass is 586 g/mol. The van der Waals surface area contributed by atoms with Crippen LogP contribution in [0.1, 0.15) is 12.0 Å². The average Bonchev–Trinajstić information content (AvgIpc) is 3.50. The van der Waals surface area contributed by atoms with Crippen LogP contribution >= 0.6 is 0 Å². The Kier molecular flexibility index (Phi) is 5.92. The van der Waals surface area contributed by atoms with Gasteiger partial charge in [-0.25, -0.2) is 0 Å². The van der Waals surface area contributed by atoms with Crippen LogP contribution in [0.3, 0.4) is 0 Å². The molecule has 0 aromatic heterocycles. The number of allylic oxidation sites excluding steroid dienone is 4. The van der Waals surface area contributed by atoms with Crippen LogP contribution in [0, 0.1) is 41.4 Å². The number of carbonyl (C=O) groups excluding carboxylic acids is 4.